The molecule has 0 aliphatic heterocycles. The number of aliphatic hydroxyl groups excluding tert-OH is 1. The number of aliphatic hydroxyl groups is 1. The molecule has 2 aromatic rings. The van der Waals surface area contributed by atoms with E-state index in [9.17, 15) is 5.11 Å². The molecule has 0 saturated carbocycles. The molecule has 2 nitrogen and oxygen atoms in total. The van der Waals surface area contributed by atoms with Crippen LogP contribution >= 0.6 is 0 Å². The van der Waals surface area contributed by atoms with Crippen LogP contribution in [0.4, 0.5) is 0 Å². The third-order valence-electron chi connectivity index (χ3n) is 3.54. The smallest absolute Gasteiger partial charge is 0.0629 e. The van der Waals surface area contributed by atoms with E-state index >= 15 is 0 Å². The minimum Gasteiger partial charge on any atom is -0.394 e. The number of rotatable bonds is 7. The van der Waals surface area contributed by atoms with Crippen LogP contribution in [0.25, 0.3) is 6.08 Å². The highest BCUT2D eigenvalue weighted by molar-refractivity contribution is 5.48. The Morgan fingerprint density at radius 3 is 2.27 bits per heavy atom. The van der Waals surface area contributed by atoms with E-state index in [0.29, 0.717) is 13.1 Å². The molecule has 0 radical (unpaired) electrons. The average molecular weight is 291 g/mol. The monoisotopic (exact) mass is 291 g/mol. The third kappa shape index (κ3) is 4.60. The van der Waals surface area contributed by atoms with Crippen molar-refractivity contribution < 1.29 is 5.11 Å². The number of hydrogen-bond acceptors (Lipinski definition) is 2. The van der Waals surface area contributed by atoms with Gasteiger partial charge in [0.15, 0.2) is 0 Å². The highest BCUT2D eigenvalue weighted by atomic mass is 16.3. The normalized spacial score (nSPS) is 12.4. The molecule has 0 aliphatic rings. The quantitative estimate of drug-likeness (QED) is 0.791. The summed E-state index contributed by atoms with van der Waals surface area (Å²) in [4.78, 5) is 2.09. The summed E-state index contributed by atoms with van der Waals surface area (Å²) in [5.74, 6) is 2.68. The Balaban J connectivity index is 2.08. The first-order valence-corrected chi connectivity index (χ1v) is 7.40. The Morgan fingerprint density at radius 1 is 1.05 bits per heavy atom. The topological polar surface area (TPSA) is 23.5 Å². The van der Waals surface area contributed by atoms with Crippen LogP contribution in [0.1, 0.15) is 17.2 Å². The Labute approximate surface area is 132 Å². The summed E-state index contributed by atoms with van der Waals surface area (Å²) in [5, 5.41) is 9.76. The molecule has 0 amide bonds. The number of hydrogen-bond donors (Lipinski definition) is 1. The predicted octanol–water partition coefficient (Wildman–Crippen LogP) is 3.37. The fraction of sp³-hybridized carbons (Fsp3) is 0.200. The molecule has 22 heavy (non-hydrogen) atoms. The van der Waals surface area contributed by atoms with Crippen molar-refractivity contribution in [2.45, 2.75) is 6.04 Å². The summed E-state index contributed by atoms with van der Waals surface area (Å²) < 4.78 is 0. The first-order chi connectivity index (χ1) is 10.8. The predicted molar refractivity (Wildman–Crippen MR) is 92.2 cm³/mol. The van der Waals surface area contributed by atoms with Gasteiger partial charge in [0.1, 0.15) is 0 Å². The van der Waals surface area contributed by atoms with Gasteiger partial charge in [-0.25, -0.2) is 0 Å². The van der Waals surface area contributed by atoms with Gasteiger partial charge in [0.25, 0.3) is 0 Å². The van der Waals surface area contributed by atoms with Crippen molar-refractivity contribution in [1.29, 1.82) is 0 Å². The van der Waals surface area contributed by atoms with Crippen molar-refractivity contribution in [3.63, 3.8) is 0 Å². The van der Waals surface area contributed by atoms with Gasteiger partial charge < -0.3 is 5.11 Å². The number of benzene rings is 2. The van der Waals surface area contributed by atoms with Gasteiger partial charge >= 0.3 is 0 Å². The van der Waals surface area contributed by atoms with Crippen molar-refractivity contribution >= 4 is 6.08 Å². The lowest BCUT2D eigenvalue weighted by atomic mass is 10.1. The van der Waals surface area contributed by atoms with Crippen molar-refractivity contribution in [2.24, 2.45) is 0 Å². The molecule has 0 heterocycles. The van der Waals surface area contributed by atoms with E-state index in [1.807, 2.05) is 48.5 Å². The maximum absolute atomic E-state index is 9.76. The molecule has 0 aromatic heterocycles. The Morgan fingerprint density at radius 2 is 1.68 bits per heavy atom. The lowest BCUT2D eigenvalue weighted by Crippen LogP contribution is -2.31. The van der Waals surface area contributed by atoms with Crippen molar-refractivity contribution in [3.8, 4) is 12.3 Å². The summed E-state index contributed by atoms with van der Waals surface area (Å²) in [6.07, 6.45) is 9.64. The van der Waals surface area contributed by atoms with Crippen LogP contribution in [0.15, 0.2) is 66.7 Å². The fourth-order valence-corrected chi connectivity index (χ4v) is 2.41. The van der Waals surface area contributed by atoms with Crippen LogP contribution in [0.3, 0.4) is 0 Å². The molecule has 0 unspecified atom stereocenters. The van der Waals surface area contributed by atoms with E-state index in [2.05, 4.69) is 35.1 Å². The number of terminal acetylenes is 1. The molecule has 0 saturated heterocycles. The Bertz CT molecular complexity index is 613. The zero-order valence-electron chi connectivity index (χ0n) is 12.6. The van der Waals surface area contributed by atoms with Gasteiger partial charge in [-0.2, -0.15) is 0 Å². The molecule has 2 aromatic carbocycles. The first-order valence-electron chi connectivity index (χ1n) is 7.40. The van der Waals surface area contributed by atoms with Gasteiger partial charge in [-0.3, -0.25) is 4.90 Å². The minimum absolute atomic E-state index is 0.0465. The zero-order valence-corrected chi connectivity index (χ0v) is 12.6. The van der Waals surface area contributed by atoms with E-state index < -0.39 is 0 Å². The minimum atomic E-state index is -0.0855. The summed E-state index contributed by atoms with van der Waals surface area (Å²) in [5.41, 5.74) is 2.23. The maximum atomic E-state index is 9.76. The summed E-state index contributed by atoms with van der Waals surface area (Å²) in [6, 6.07) is 20.0. The van der Waals surface area contributed by atoms with E-state index in [4.69, 9.17) is 6.42 Å². The van der Waals surface area contributed by atoms with Crippen LogP contribution in [0, 0.1) is 12.3 Å². The summed E-state index contributed by atoms with van der Waals surface area (Å²) >= 11 is 0. The Kier molecular flexibility index (Phi) is 6.44. The average Bonchev–Trinajstić information content (AvgIpc) is 2.57. The second kappa shape index (κ2) is 8.84. The van der Waals surface area contributed by atoms with E-state index in [1.165, 1.54) is 0 Å². The van der Waals surface area contributed by atoms with Crippen LogP contribution in [-0.2, 0) is 0 Å². The highest BCUT2D eigenvalue weighted by Crippen LogP contribution is 2.19. The standard InChI is InChI=1S/C20H21NO/c1-2-15-21(16-9-12-18-10-5-3-6-11-18)20(17-22)19-13-7-4-8-14-19/h1,3-14,20,22H,15-17H2/b12-9+/t20-/m1/s1. The van der Waals surface area contributed by atoms with Crippen LogP contribution in [0.2, 0.25) is 0 Å². The van der Waals surface area contributed by atoms with E-state index in [1.54, 1.807) is 0 Å². The summed E-state index contributed by atoms with van der Waals surface area (Å²) in [7, 11) is 0. The molecule has 1 N–H and O–H groups in total. The van der Waals surface area contributed by atoms with Crippen molar-refractivity contribution in [2.75, 3.05) is 19.7 Å². The van der Waals surface area contributed by atoms with E-state index in [0.717, 1.165) is 11.1 Å². The molecule has 2 rings (SSSR count). The number of nitrogens with zero attached hydrogens (tertiary/aromatic N) is 1. The first kappa shape index (κ1) is 16.0. The van der Waals surface area contributed by atoms with Crippen molar-refractivity contribution in [3.05, 3.63) is 77.9 Å². The summed E-state index contributed by atoms with van der Waals surface area (Å²) in [6.45, 7) is 1.24. The highest BCUT2D eigenvalue weighted by Gasteiger charge is 2.17. The van der Waals surface area contributed by atoms with Gasteiger partial charge in [-0.05, 0) is 11.1 Å². The van der Waals surface area contributed by atoms with Crippen LogP contribution in [-0.4, -0.2) is 29.7 Å². The van der Waals surface area contributed by atoms with Gasteiger partial charge in [-0.1, -0.05) is 78.7 Å². The SMILES string of the molecule is C#CCN(C/C=C/c1ccccc1)[C@H](CO)c1ccccc1. The molecule has 2 heteroatoms. The van der Waals surface area contributed by atoms with Crippen molar-refractivity contribution in [1.82, 2.24) is 4.90 Å². The lowest BCUT2D eigenvalue weighted by Gasteiger charge is -2.28. The van der Waals surface area contributed by atoms with Crippen LogP contribution in [0.5, 0.6) is 0 Å². The van der Waals surface area contributed by atoms with Gasteiger partial charge in [0.2, 0.25) is 0 Å². The Hall–Kier alpha value is -2.34. The maximum Gasteiger partial charge on any atom is 0.0629 e. The zero-order chi connectivity index (χ0) is 15.6. The second-order valence-electron chi connectivity index (χ2n) is 5.06. The molecule has 112 valence electrons. The van der Waals surface area contributed by atoms with Gasteiger partial charge in [0.05, 0.1) is 19.2 Å². The third-order valence-corrected chi connectivity index (χ3v) is 3.54. The van der Waals surface area contributed by atoms with Gasteiger partial charge in [0, 0.05) is 6.54 Å². The lowest BCUT2D eigenvalue weighted by molar-refractivity contribution is 0.147. The molecular weight excluding hydrogens is 270 g/mol. The fourth-order valence-electron chi connectivity index (χ4n) is 2.41. The molecule has 0 spiro atoms. The molecule has 0 aliphatic carbocycles. The van der Waals surface area contributed by atoms with Gasteiger partial charge in [-0.15, -0.1) is 6.42 Å². The molecular formula is C20H21NO. The molecule has 0 bridgehead atoms. The largest absolute Gasteiger partial charge is 0.394 e. The molecule has 0 fully saturated rings. The second-order valence-corrected chi connectivity index (χ2v) is 5.06. The van der Waals surface area contributed by atoms with Crippen LogP contribution < -0.4 is 0 Å². The van der Waals surface area contributed by atoms with E-state index in [-0.39, 0.29) is 12.6 Å². The molecule has 1 atom stereocenters.